The lowest BCUT2D eigenvalue weighted by Crippen LogP contribution is -2.25. The molecule has 116 valence electrons. The van der Waals surface area contributed by atoms with E-state index in [1.54, 1.807) is 6.92 Å². The first-order valence-electron chi connectivity index (χ1n) is 7.23. The molecule has 0 aliphatic rings. The van der Waals surface area contributed by atoms with Gasteiger partial charge in [-0.15, -0.1) is 0 Å². The molecule has 4 heteroatoms. The Labute approximate surface area is 135 Å². The highest BCUT2D eigenvalue weighted by Gasteiger charge is 2.15. The molecule has 2 aromatic carbocycles. The van der Waals surface area contributed by atoms with Gasteiger partial charge >= 0.3 is 5.91 Å². The number of anilines is 2. The predicted molar refractivity (Wildman–Crippen MR) is 86.6 cm³/mol. The molecular formula is C19H16NO3-. The van der Waals surface area contributed by atoms with Gasteiger partial charge < -0.3 is 9.90 Å². The largest absolute Gasteiger partial charge is 0.550 e. The summed E-state index contributed by atoms with van der Waals surface area (Å²) in [6.45, 7) is 1.64. The van der Waals surface area contributed by atoms with Gasteiger partial charge in [-0.2, -0.15) is 0 Å². The van der Waals surface area contributed by atoms with Crippen LogP contribution >= 0.6 is 0 Å². The van der Waals surface area contributed by atoms with E-state index in [4.69, 9.17) is 0 Å². The molecule has 2 rings (SSSR count). The Bertz CT molecular complexity index is 690. The number of aliphatic carboxylic acids is 1. The van der Waals surface area contributed by atoms with Crippen molar-refractivity contribution in [3.05, 3.63) is 60.7 Å². The van der Waals surface area contributed by atoms with Gasteiger partial charge in [0.1, 0.15) is 0 Å². The van der Waals surface area contributed by atoms with Crippen LogP contribution in [0.4, 0.5) is 11.4 Å². The van der Waals surface area contributed by atoms with E-state index in [-0.39, 0.29) is 6.42 Å². The number of carboxylic acids is 1. The van der Waals surface area contributed by atoms with Gasteiger partial charge in [-0.05, 0) is 30.2 Å². The van der Waals surface area contributed by atoms with Crippen molar-refractivity contribution in [1.29, 1.82) is 0 Å². The predicted octanol–water partition coefficient (Wildman–Crippen LogP) is 2.13. The number of carbonyl (C=O) groups excluding carboxylic acids is 2. The summed E-state index contributed by atoms with van der Waals surface area (Å²) in [5.41, 5.74) is 1.40. The molecule has 4 nitrogen and oxygen atoms in total. The van der Waals surface area contributed by atoms with Crippen LogP contribution in [0.3, 0.4) is 0 Å². The van der Waals surface area contributed by atoms with E-state index < -0.39 is 17.8 Å². The topological polar surface area (TPSA) is 60.4 Å². The third kappa shape index (κ3) is 4.72. The average molecular weight is 306 g/mol. The lowest BCUT2D eigenvalue weighted by atomic mass is 10.1. The number of para-hydroxylation sites is 2. The summed E-state index contributed by atoms with van der Waals surface area (Å²) in [5, 5.41) is 10.6. The molecule has 0 radical (unpaired) electrons. The zero-order valence-corrected chi connectivity index (χ0v) is 12.7. The van der Waals surface area contributed by atoms with E-state index >= 15 is 0 Å². The van der Waals surface area contributed by atoms with E-state index in [9.17, 15) is 14.7 Å². The smallest absolute Gasteiger partial charge is 0.307 e. The van der Waals surface area contributed by atoms with Crippen molar-refractivity contribution in [3.8, 4) is 11.8 Å². The van der Waals surface area contributed by atoms with Gasteiger partial charge in [-0.1, -0.05) is 49.2 Å². The summed E-state index contributed by atoms with van der Waals surface area (Å²) >= 11 is 0. The number of nitrogens with zero attached hydrogens (tertiary/aromatic N) is 1. The first-order chi connectivity index (χ1) is 11.1. The standard InChI is InChI=1S/C19H17NO3/c1-15(14-19(22)23)12-13-18(21)20(16-8-4-2-5-9-16)17-10-6-3-7-11-17/h2-11,15H,14H2,1H3,(H,22,23)/p-1/t15-/m0/s1. The second-order valence-electron chi connectivity index (χ2n) is 5.06. The highest BCUT2D eigenvalue weighted by atomic mass is 16.4. The van der Waals surface area contributed by atoms with Crippen molar-refractivity contribution in [1.82, 2.24) is 0 Å². The van der Waals surface area contributed by atoms with Gasteiger partial charge in [0, 0.05) is 29.7 Å². The molecular weight excluding hydrogens is 290 g/mol. The van der Waals surface area contributed by atoms with Crippen LogP contribution in [0.15, 0.2) is 60.7 Å². The van der Waals surface area contributed by atoms with E-state index in [2.05, 4.69) is 11.8 Å². The first-order valence-corrected chi connectivity index (χ1v) is 7.23. The number of rotatable bonds is 4. The van der Waals surface area contributed by atoms with E-state index in [1.165, 1.54) is 4.90 Å². The minimum absolute atomic E-state index is 0.197. The van der Waals surface area contributed by atoms with Gasteiger partial charge in [-0.25, -0.2) is 0 Å². The molecule has 0 spiro atoms. The number of hydrogen-bond donors (Lipinski definition) is 0. The van der Waals surface area contributed by atoms with Gasteiger partial charge in [-0.3, -0.25) is 9.69 Å². The monoisotopic (exact) mass is 306 g/mol. The quantitative estimate of drug-likeness (QED) is 0.813. The summed E-state index contributed by atoms with van der Waals surface area (Å²) < 4.78 is 0. The molecule has 0 heterocycles. The highest BCUT2D eigenvalue weighted by molar-refractivity contribution is 6.10. The van der Waals surface area contributed by atoms with Crippen LogP contribution in [0, 0.1) is 17.8 Å². The highest BCUT2D eigenvalue weighted by Crippen LogP contribution is 2.24. The first kappa shape index (κ1) is 16.3. The van der Waals surface area contributed by atoms with E-state index in [0.29, 0.717) is 11.4 Å². The summed E-state index contributed by atoms with van der Waals surface area (Å²) in [4.78, 5) is 24.6. The molecule has 1 amide bonds. The van der Waals surface area contributed by atoms with Crippen LogP contribution in [0.1, 0.15) is 13.3 Å². The lowest BCUT2D eigenvalue weighted by Gasteiger charge is -2.20. The fourth-order valence-corrected chi connectivity index (χ4v) is 2.08. The molecule has 23 heavy (non-hydrogen) atoms. The molecule has 0 saturated carbocycles. The minimum atomic E-state index is -1.18. The lowest BCUT2D eigenvalue weighted by molar-refractivity contribution is -0.306. The van der Waals surface area contributed by atoms with Gasteiger partial charge in [0.2, 0.25) is 0 Å². The molecule has 0 aliphatic heterocycles. The molecule has 0 unspecified atom stereocenters. The van der Waals surface area contributed by atoms with Crippen molar-refractivity contribution >= 4 is 23.3 Å². The van der Waals surface area contributed by atoms with Crippen molar-refractivity contribution in [3.63, 3.8) is 0 Å². The SMILES string of the molecule is C[C@@H](C#CC(=O)N(c1ccccc1)c1ccccc1)CC(=O)[O-]. The Kier molecular flexibility index (Phi) is 5.54. The Morgan fingerprint density at radius 1 is 1.00 bits per heavy atom. The summed E-state index contributed by atoms with van der Waals surface area (Å²) in [7, 11) is 0. The fraction of sp³-hybridized carbons (Fsp3) is 0.158. The fourth-order valence-electron chi connectivity index (χ4n) is 2.08. The zero-order chi connectivity index (χ0) is 16.7. The zero-order valence-electron chi connectivity index (χ0n) is 12.7. The second-order valence-corrected chi connectivity index (χ2v) is 5.06. The third-order valence-corrected chi connectivity index (χ3v) is 3.13. The molecule has 0 bridgehead atoms. The van der Waals surface area contributed by atoms with Gasteiger partial charge in [0.25, 0.3) is 0 Å². The van der Waals surface area contributed by atoms with Crippen LogP contribution in [-0.2, 0) is 9.59 Å². The molecule has 2 aromatic rings. The van der Waals surface area contributed by atoms with Gasteiger partial charge in [0.05, 0.1) is 0 Å². The third-order valence-electron chi connectivity index (χ3n) is 3.13. The summed E-state index contributed by atoms with van der Waals surface area (Å²) in [5.74, 6) is 3.17. The van der Waals surface area contributed by atoms with Gasteiger partial charge in [0.15, 0.2) is 0 Å². The van der Waals surface area contributed by atoms with Crippen molar-refractivity contribution in [2.75, 3.05) is 4.90 Å². The molecule has 0 fully saturated rings. The Morgan fingerprint density at radius 3 is 1.91 bits per heavy atom. The Hall–Kier alpha value is -3.06. The molecule has 0 N–H and O–H groups in total. The number of carboxylic acid groups (broad SMARTS) is 1. The van der Waals surface area contributed by atoms with Crippen LogP contribution in [0.5, 0.6) is 0 Å². The number of amides is 1. The van der Waals surface area contributed by atoms with E-state index in [0.717, 1.165) is 0 Å². The van der Waals surface area contributed by atoms with E-state index in [1.807, 2.05) is 60.7 Å². The van der Waals surface area contributed by atoms with Crippen molar-refractivity contribution in [2.24, 2.45) is 5.92 Å². The van der Waals surface area contributed by atoms with Crippen LogP contribution in [-0.4, -0.2) is 11.9 Å². The van der Waals surface area contributed by atoms with Crippen LogP contribution < -0.4 is 10.0 Å². The molecule has 1 atom stereocenters. The molecule has 0 aliphatic carbocycles. The van der Waals surface area contributed by atoms with Crippen LogP contribution in [0.2, 0.25) is 0 Å². The minimum Gasteiger partial charge on any atom is -0.550 e. The Balaban J connectivity index is 2.30. The van der Waals surface area contributed by atoms with Crippen molar-refractivity contribution < 1.29 is 14.7 Å². The Morgan fingerprint density at radius 2 is 1.48 bits per heavy atom. The maximum Gasteiger partial charge on any atom is 0.307 e. The maximum absolute atomic E-state index is 12.5. The number of benzene rings is 2. The van der Waals surface area contributed by atoms with Crippen molar-refractivity contribution in [2.45, 2.75) is 13.3 Å². The molecule has 0 saturated heterocycles. The average Bonchev–Trinajstić information content (AvgIpc) is 2.55. The summed E-state index contributed by atoms with van der Waals surface area (Å²) in [6, 6.07) is 18.4. The van der Waals surface area contributed by atoms with Crippen LogP contribution in [0.25, 0.3) is 0 Å². The number of hydrogen-bond acceptors (Lipinski definition) is 3. The summed E-state index contributed by atoms with van der Waals surface area (Å²) in [6.07, 6.45) is -0.197. The normalized spacial score (nSPS) is 11.0. The number of carbonyl (C=O) groups is 2. The molecule has 0 aromatic heterocycles. The second kappa shape index (κ2) is 7.81. The maximum atomic E-state index is 12.5.